The molecule has 152 valence electrons. The third-order valence-corrected chi connectivity index (χ3v) is 6.96. The second kappa shape index (κ2) is 8.25. The van der Waals surface area contributed by atoms with Gasteiger partial charge in [-0.05, 0) is 94.1 Å². The summed E-state index contributed by atoms with van der Waals surface area (Å²) in [5.74, 6) is 0.0497. The van der Waals surface area contributed by atoms with Gasteiger partial charge in [-0.2, -0.15) is 0 Å². The first-order valence-corrected chi connectivity index (χ1v) is 11.2. The summed E-state index contributed by atoms with van der Waals surface area (Å²) in [6.07, 6.45) is 4.67. The molecule has 0 bridgehead atoms. The minimum absolute atomic E-state index is 0.0497. The van der Waals surface area contributed by atoms with Crippen molar-refractivity contribution in [2.75, 3.05) is 32.1 Å². The molecule has 2 aromatic carbocycles. The molecule has 3 aromatic rings. The zero-order valence-electron chi connectivity index (χ0n) is 17.8. The maximum atomic E-state index is 13.5. The third-order valence-electron chi connectivity index (χ3n) is 5.92. The van der Waals surface area contributed by atoms with Crippen molar-refractivity contribution in [1.29, 1.82) is 0 Å². The van der Waals surface area contributed by atoms with Gasteiger partial charge < -0.3 is 4.90 Å². The number of carbonyl (C=O) groups excluding carboxylic acids is 1. The molecule has 0 unspecified atom stereocenters. The van der Waals surface area contributed by atoms with Crippen molar-refractivity contribution in [3.05, 3.63) is 58.1 Å². The predicted molar refractivity (Wildman–Crippen MR) is 122 cm³/mol. The van der Waals surface area contributed by atoms with Crippen LogP contribution in [-0.4, -0.2) is 43.0 Å². The van der Waals surface area contributed by atoms with Gasteiger partial charge in [0.05, 0.1) is 10.2 Å². The second-order valence-corrected chi connectivity index (χ2v) is 9.31. The zero-order chi connectivity index (χ0) is 20.5. The number of aromatic nitrogens is 1. The number of fused-ring (bicyclic) bond motifs is 2. The van der Waals surface area contributed by atoms with Crippen molar-refractivity contribution in [3.8, 4) is 0 Å². The number of aryl methyl sites for hydroxylation is 4. The Bertz CT molecular complexity index is 1050. The van der Waals surface area contributed by atoms with E-state index in [1.807, 2.05) is 25.1 Å². The van der Waals surface area contributed by atoms with Gasteiger partial charge in [-0.25, -0.2) is 4.98 Å². The third kappa shape index (κ3) is 4.07. The molecular formula is C24H29N3OS. The van der Waals surface area contributed by atoms with Crippen molar-refractivity contribution in [1.82, 2.24) is 9.88 Å². The van der Waals surface area contributed by atoms with Crippen LogP contribution in [0.1, 0.15) is 45.5 Å². The summed E-state index contributed by atoms with van der Waals surface area (Å²) >= 11 is 1.61. The van der Waals surface area contributed by atoms with Crippen molar-refractivity contribution in [2.24, 2.45) is 0 Å². The molecule has 0 N–H and O–H groups in total. The molecule has 0 atom stereocenters. The lowest BCUT2D eigenvalue weighted by atomic mass is 9.90. The molecule has 1 heterocycles. The Hall–Kier alpha value is -2.24. The molecule has 0 radical (unpaired) electrons. The number of amides is 1. The number of hydrogen-bond acceptors (Lipinski definition) is 4. The minimum atomic E-state index is 0.0497. The molecule has 0 aliphatic heterocycles. The van der Waals surface area contributed by atoms with Gasteiger partial charge in [-0.3, -0.25) is 9.69 Å². The van der Waals surface area contributed by atoms with Crippen LogP contribution in [0.5, 0.6) is 0 Å². The summed E-state index contributed by atoms with van der Waals surface area (Å²) in [6, 6.07) is 10.5. The Balaban J connectivity index is 1.72. The quantitative estimate of drug-likeness (QED) is 0.597. The van der Waals surface area contributed by atoms with E-state index in [9.17, 15) is 4.79 Å². The smallest absolute Gasteiger partial charge is 0.260 e. The molecule has 1 aliphatic carbocycles. The molecule has 0 saturated carbocycles. The van der Waals surface area contributed by atoms with Gasteiger partial charge >= 0.3 is 0 Å². The molecule has 1 aromatic heterocycles. The van der Waals surface area contributed by atoms with Crippen molar-refractivity contribution < 1.29 is 4.79 Å². The van der Waals surface area contributed by atoms with E-state index in [0.717, 1.165) is 40.3 Å². The van der Waals surface area contributed by atoms with Crippen LogP contribution in [0, 0.1) is 13.8 Å². The molecule has 0 saturated heterocycles. The maximum absolute atomic E-state index is 13.5. The van der Waals surface area contributed by atoms with Crippen LogP contribution in [-0.2, 0) is 12.8 Å². The monoisotopic (exact) mass is 407 g/mol. The second-order valence-electron chi connectivity index (χ2n) is 8.30. The van der Waals surface area contributed by atoms with Crippen LogP contribution in [0.25, 0.3) is 10.2 Å². The van der Waals surface area contributed by atoms with Gasteiger partial charge in [0.15, 0.2) is 5.13 Å². The lowest BCUT2D eigenvalue weighted by Crippen LogP contribution is -2.36. The van der Waals surface area contributed by atoms with Gasteiger partial charge in [0.2, 0.25) is 0 Å². The number of anilines is 1. The standard InChI is InChI=1S/C24H29N3OS/c1-16-9-12-21-22(17(16)2)25-24(29-21)27(14-13-26(3)4)23(28)20-11-10-18-7-5-6-8-19(18)15-20/h9-12,15H,5-8,13-14H2,1-4H3. The molecule has 0 fully saturated rings. The molecule has 1 amide bonds. The summed E-state index contributed by atoms with van der Waals surface area (Å²) in [5.41, 5.74) is 6.95. The normalized spacial score (nSPS) is 13.7. The van der Waals surface area contributed by atoms with E-state index in [4.69, 9.17) is 4.98 Å². The number of thiazole rings is 1. The first-order valence-electron chi connectivity index (χ1n) is 10.4. The molecule has 4 rings (SSSR count). The van der Waals surface area contributed by atoms with Gasteiger partial charge in [0.25, 0.3) is 5.91 Å². The largest absolute Gasteiger partial charge is 0.308 e. The van der Waals surface area contributed by atoms with Gasteiger partial charge in [0.1, 0.15) is 0 Å². The Morgan fingerprint density at radius 3 is 2.55 bits per heavy atom. The van der Waals surface area contributed by atoms with Gasteiger partial charge in [-0.15, -0.1) is 0 Å². The molecule has 29 heavy (non-hydrogen) atoms. The molecular weight excluding hydrogens is 378 g/mol. The van der Waals surface area contributed by atoms with Crippen LogP contribution in [0.2, 0.25) is 0 Å². The van der Waals surface area contributed by atoms with Gasteiger partial charge in [0, 0.05) is 18.7 Å². The number of hydrogen-bond donors (Lipinski definition) is 0. The number of nitrogens with zero attached hydrogens (tertiary/aromatic N) is 3. The summed E-state index contributed by atoms with van der Waals surface area (Å²) in [7, 11) is 4.07. The number of carbonyl (C=O) groups is 1. The molecule has 0 spiro atoms. The fraction of sp³-hybridized carbons (Fsp3) is 0.417. The Morgan fingerprint density at radius 1 is 1.03 bits per heavy atom. The number of rotatable bonds is 5. The summed E-state index contributed by atoms with van der Waals surface area (Å²) in [4.78, 5) is 22.4. The van der Waals surface area contributed by atoms with E-state index < -0.39 is 0 Å². The number of benzene rings is 2. The molecule has 1 aliphatic rings. The topological polar surface area (TPSA) is 36.4 Å². The highest BCUT2D eigenvalue weighted by atomic mass is 32.1. The van der Waals surface area contributed by atoms with Crippen LogP contribution in [0.15, 0.2) is 30.3 Å². The fourth-order valence-electron chi connectivity index (χ4n) is 3.94. The molecule has 5 heteroatoms. The lowest BCUT2D eigenvalue weighted by Gasteiger charge is -2.23. The van der Waals surface area contributed by atoms with E-state index in [1.54, 1.807) is 11.3 Å². The predicted octanol–water partition coefficient (Wildman–Crippen LogP) is 5.00. The van der Waals surface area contributed by atoms with Crippen molar-refractivity contribution in [3.63, 3.8) is 0 Å². The highest BCUT2D eigenvalue weighted by Gasteiger charge is 2.23. The van der Waals surface area contributed by atoms with Crippen LogP contribution in [0.4, 0.5) is 5.13 Å². The highest BCUT2D eigenvalue weighted by Crippen LogP contribution is 2.33. The first-order chi connectivity index (χ1) is 13.9. The lowest BCUT2D eigenvalue weighted by molar-refractivity contribution is 0.0985. The SMILES string of the molecule is Cc1ccc2sc(N(CCN(C)C)C(=O)c3ccc4c(c3)CCCC4)nc2c1C. The first kappa shape index (κ1) is 20.0. The minimum Gasteiger partial charge on any atom is -0.308 e. The molecule has 4 nitrogen and oxygen atoms in total. The average Bonchev–Trinajstić information content (AvgIpc) is 3.15. The fourth-order valence-corrected chi connectivity index (χ4v) is 4.99. The highest BCUT2D eigenvalue weighted by molar-refractivity contribution is 7.22. The van der Waals surface area contributed by atoms with E-state index in [2.05, 4.69) is 43.0 Å². The Kier molecular flexibility index (Phi) is 5.70. The maximum Gasteiger partial charge on any atom is 0.260 e. The van der Waals surface area contributed by atoms with Crippen LogP contribution in [0.3, 0.4) is 0 Å². The van der Waals surface area contributed by atoms with Crippen molar-refractivity contribution >= 4 is 32.6 Å². The van der Waals surface area contributed by atoms with Crippen LogP contribution < -0.4 is 4.90 Å². The summed E-state index contributed by atoms with van der Waals surface area (Å²) in [5, 5.41) is 0.790. The van der Waals surface area contributed by atoms with Crippen molar-refractivity contribution in [2.45, 2.75) is 39.5 Å². The van der Waals surface area contributed by atoms with Crippen LogP contribution >= 0.6 is 11.3 Å². The number of likely N-dealkylation sites (N-methyl/N-ethyl adjacent to an activating group) is 1. The van der Waals surface area contributed by atoms with E-state index >= 15 is 0 Å². The zero-order valence-corrected chi connectivity index (χ0v) is 18.6. The van der Waals surface area contributed by atoms with E-state index in [0.29, 0.717) is 6.54 Å². The summed E-state index contributed by atoms with van der Waals surface area (Å²) < 4.78 is 1.14. The van der Waals surface area contributed by atoms with E-state index in [1.165, 1.54) is 35.1 Å². The summed E-state index contributed by atoms with van der Waals surface area (Å²) in [6.45, 7) is 5.64. The van der Waals surface area contributed by atoms with Gasteiger partial charge in [-0.1, -0.05) is 23.5 Å². The van der Waals surface area contributed by atoms with E-state index in [-0.39, 0.29) is 5.91 Å². The Labute approximate surface area is 177 Å². The Morgan fingerprint density at radius 2 is 1.79 bits per heavy atom. The average molecular weight is 408 g/mol.